The Kier molecular flexibility index (Phi) is 7.63. The van der Waals surface area contributed by atoms with Gasteiger partial charge in [-0.15, -0.1) is 5.10 Å². The molecule has 7 nitrogen and oxygen atoms in total. The van der Waals surface area contributed by atoms with Crippen LogP contribution in [0.2, 0.25) is 0 Å². The highest BCUT2D eigenvalue weighted by molar-refractivity contribution is 7.22. The number of likely N-dealkylation sites (N-methyl/N-ethyl adjacent to an activating group) is 1. The highest BCUT2D eigenvalue weighted by atomic mass is 32.1. The van der Waals surface area contributed by atoms with E-state index in [9.17, 15) is 0 Å². The second-order valence-electron chi connectivity index (χ2n) is 11.3. The fourth-order valence-corrected chi connectivity index (χ4v) is 6.69. The maximum Gasteiger partial charge on any atom is 0.249 e. The minimum atomic E-state index is 0.562. The molecule has 0 saturated heterocycles. The SMILES string of the molecule is C=C(CC)c1c(C=C(C)C2=NN=C(C)C[N+]2(C)C)ncn1Cc1ccc2nc(NC3CCCCC3)sc2c1. The first kappa shape index (κ1) is 26.5. The van der Waals surface area contributed by atoms with E-state index in [1.54, 1.807) is 11.3 Å². The van der Waals surface area contributed by atoms with Gasteiger partial charge in [-0.05, 0) is 62.5 Å². The first-order valence-electron chi connectivity index (χ1n) is 13.8. The van der Waals surface area contributed by atoms with Gasteiger partial charge in [0.1, 0.15) is 6.54 Å². The summed E-state index contributed by atoms with van der Waals surface area (Å²) in [5.74, 6) is 0.964. The number of benzene rings is 1. The number of rotatable bonds is 8. The molecule has 200 valence electrons. The van der Waals surface area contributed by atoms with Crippen LogP contribution >= 0.6 is 11.3 Å². The van der Waals surface area contributed by atoms with E-state index >= 15 is 0 Å². The average molecular weight is 531 g/mol. The van der Waals surface area contributed by atoms with Crippen molar-refractivity contribution in [2.45, 2.75) is 71.9 Å². The van der Waals surface area contributed by atoms with Crippen molar-refractivity contribution in [2.75, 3.05) is 26.0 Å². The number of thiazole rings is 1. The molecule has 0 amide bonds. The smallest absolute Gasteiger partial charge is 0.249 e. The number of aromatic nitrogens is 3. The summed E-state index contributed by atoms with van der Waals surface area (Å²) in [6.45, 7) is 12.2. The van der Waals surface area contributed by atoms with E-state index < -0.39 is 0 Å². The molecule has 2 aliphatic rings. The summed E-state index contributed by atoms with van der Waals surface area (Å²) in [6.07, 6.45) is 11.4. The van der Waals surface area contributed by atoms with Gasteiger partial charge in [0.25, 0.3) is 0 Å². The quantitative estimate of drug-likeness (QED) is 0.320. The third kappa shape index (κ3) is 5.66. The monoisotopic (exact) mass is 530 g/mol. The van der Waals surface area contributed by atoms with Crippen molar-refractivity contribution in [2.24, 2.45) is 10.2 Å². The standard InChI is InChI=1S/C30H40N7S/c1-7-20(2)28-26(15-21(3)29-35-34-22(4)18-37(29,5)6)31-19-36(28)17-23-13-14-25-27(16-23)38-30(33-25)32-24-11-9-8-10-12-24/h13-16,19,24H,2,7-12,17-18H2,1,3-6H3,(H,32,33)/q+1. The minimum Gasteiger partial charge on any atom is -0.359 e. The number of hydrogen-bond donors (Lipinski definition) is 1. The van der Waals surface area contributed by atoms with E-state index in [0.717, 1.165) is 64.2 Å². The first-order valence-corrected chi connectivity index (χ1v) is 14.6. The molecule has 1 N–H and O–H groups in total. The Morgan fingerprint density at radius 1 is 1.21 bits per heavy atom. The molecule has 1 saturated carbocycles. The molecule has 0 radical (unpaired) electrons. The van der Waals surface area contributed by atoms with Crippen LogP contribution in [-0.2, 0) is 6.54 Å². The highest BCUT2D eigenvalue weighted by Crippen LogP contribution is 2.31. The van der Waals surface area contributed by atoms with Crippen molar-refractivity contribution in [3.63, 3.8) is 0 Å². The number of nitrogens with one attached hydrogen (secondary N) is 1. The fraction of sp³-hybridized carbons (Fsp3) is 0.467. The number of anilines is 1. The van der Waals surface area contributed by atoms with Gasteiger partial charge in [0.15, 0.2) is 5.13 Å². The summed E-state index contributed by atoms with van der Waals surface area (Å²) in [4.78, 5) is 9.67. The predicted octanol–water partition coefficient (Wildman–Crippen LogP) is 6.98. The lowest BCUT2D eigenvalue weighted by atomic mass is 9.96. The Hall–Kier alpha value is -3.10. The number of hydrogen-bond acceptors (Lipinski definition) is 6. The maximum atomic E-state index is 4.86. The van der Waals surface area contributed by atoms with Gasteiger partial charge in [0.2, 0.25) is 5.84 Å². The molecule has 1 aliphatic carbocycles. The molecule has 2 aromatic heterocycles. The zero-order valence-corrected chi connectivity index (χ0v) is 24.2. The number of nitrogens with zero attached hydrogens (tertiary/aromatic N) is 6. The Bertz CT molecular complexity index is 1430. The van der Waals surface area contributed by atoms with Crippen molar-refractivity contribution in [3.05, 3.63) is 53.6 Å². The van der Waals surface area contributed by atoms with Crippen molar-refractivity contribution < 1.29 is 4.48 Å². The Morgan fingerprint density at radius 2 is 2.00 bits per heavy atom. The van der Waals surface area contributed by atoms with Gasteiger partial charge < -0.3 is 9.88 Å². The minimum absolute atomic E-state index is 0.562. The molecule has 0 spiro atoms. The molecule has 3 aromatic rings. The summed E-state index contributed by atoms with van der Waals surface area (Å²) < 4.78 is 4.12. The molecular weight excluding hydrogens is 490 g/mol. The topological polar surface area (TPSA) is 67.5 Å². The second-order valence-corrected chi connectivity index (χ2v) is 12.3. The van der Waals surface area contributed by atoms with Crippen molar-refractivity contribution in [1.82, 2.24) is 14.5 Å². The number of imidazole rings is 1. The summed E-state index contributed by atoms with van der Waals surface area (Å²) in [7, 11) is 4.34. The number of amidine groups is 1. The summed E-state index contributed by atoms with van der Waals surface area (Å²) >= 11 is 1.76. The molecule has 1 fully saturated rings. The Morgan fingerprint density at radius 3 is 2.74 bits per heavy atom. The van der Waals surface area contributed by atoms with Gasteiger partial charge in [-0.2, -0.15) is 0 Å². The van der Waals surface area contributed by atoms with Crippen LogP contribution in [0, 0.1) is 0 Å². The summed E-state index contributed by atoms with van der Waals surface area (Å²) in [6, 6.07) is 7.16. The highest BCUT2D eigenvalue weighted by Gasteiger charge is 2.30. The molecular formula is C30H40N7S+. The lowest BCUT2D eigenvalue weighted by molar-refractivity contribution is -0.789. The van der Waals surface area contributed by atoms with Crippen LogP contribution < -0.4 is 5.32 Å². The van der Waals surface area contributed by atoms with E-state index in [0.29, 0.717) is 10.5 Å². The molecule has 3 heterocycles. The molecule has 1 aromatic carbocycles. The van der Waals surface area contributed by atoms with Crippen molar-refractivity contribution in [1.29, 1.82) is 0 Å². The van der Waals surface area contributed by atoms with Crippen LogP contribution in [0.4, 0.5) is 5.13 Å². The van der Waals surface area contributed by atoms with Gasteiger partial charge >= 0.3 is 0 Å². The zero-order chi connectivity index (χ0) is 26.9. The lowest BCUT2D eigenvalue weighted by Gasteiger charge is -2.31. The van der Waals surface area contributed by atoms with Gasteiger partial charge in [0.05, 0.1) is 47.7 Å². The molecule has 8 heteroatoms. The number of allylic oxidation sites excluding steroid dienone is 1. The van der Waals surface area contributed by atoms with Gasteiger partial charge in [-0.3, -0.25) is 4.48 Å². The normalized spacial score (nSPS) is 18.4. The molecule has 0 unspecified atom stereocenters. The van der Waals surface area contributed by atoms with E-state index in [4.69, 9.17) is 9.97 Å². The summed E-state index contributed by atoms with van der Waals surface area (Å²) in [5, 5.41) is 13.6. The largest absolute Gasteiger partial charge is 0.359 e. The predicted molar refractivity (Wildman–Crippen MR) is 162 cm³/mol. The lowest BCUT2D eigenvalue weighted by Crippen LogP contribution is -2.50. The van der Waals surface area contributed by atoms with Crippen molar-refractivity contribution in [3.8, 4) is 0 Å². The number of fused-ring (bicyclic) bond motifs is 1. The van der Waals surface area contributed by atoms with E-state index in [1.165, 1.54) is 42.4 Å². The van der Waals surface area contributed by atoms with Gasteiger partial charge in [0, 0.05) is 18.2 Å². The van der Waals surface area contributed by atoms with Crippen LogP contribution in [-0.4, -0.2) is 57.2 Å². The van der Waals surface area contributed by atoms with Crippen LogP contribution in [0.15, 0.2) is 46.9 Å². The van der Waals surface area contributed by atoms with Crippen molar-refractivity contribution >= 4 is 49.9 Å². The average Bonchev–Trinajstić information content (AvgIpc) is 3.46. The molecule has 0 atom stereocenters. The van der Waals surface area contributed by atoms with Gasteiger partial charge in [-0.25, -0.2) is 9.97 Å². The van der Waals surface area contributed by atoms with E-state index in [-0.39, 0.29) is 0 Å². The van der Waals surface area contributed by atoms with E-state index in [2.05, 4.69) is 78.9 Å². The maximum absolute atomic E-state index is 4.86. The fourth-order valence-electron chi connectivity index (χ4n) is 5.68. The molecule has 0 bridgehead atoms. The Balaban J connectivity index is 1.41. The van der Waals surface area contributed by atoms with Crippen LogP contribution in [0.3, 0.4) is 0 Å². The third-order valence-electron chi connectivity index (χ3n) is 7.59. The molecule has 5 rings (SSSR count). The van der Waals surface area contributed by atoms with E-state index in [1.807, 2.05) is 13.3 Å². The van der Waals surface area contributed by atoms with Crippen LogP contribution in [0.5, 0.6) is 0 Å². The number of quaternary nitrogens is 1. The molecule has 38 heavy (non-hydrogen) atoms. The zero-order valence-electron chi connectivity index (χ0n) is 23.4. The second kappa shape index (κ2) is 10.9. The first-order chi connectivity index (χ1) is 18.2. The van der Waals surface area contributed by atoms with Gasteiger partial charge in [-0.1, -0.05) is 55.3 Å². The van der Waals surface area contributed by atoms with Crippen LogP contribution in [0.1, 0.15) is 76.2 Å². The molecule has 1 aliphatic heterocycles. The van der Waals surface area contributed by atoms with Crippen LogP contribution in [0.25, 0.3) is 21.9 Å². The Labute approximate surface area is 230 Å². The summed E-state index contributed by atoms with van der Waals surface area (Å²) in [5.41, 5.74) is 7.51. The third-order valence-corrected chi connectivity index (χ3v) is 8.53.